The molecule has 0 aromatic heterocycles. The molecule has 1 aliphatic heterocycles. The minimum absolute atomic E-state index is 0.0393. The predicted molar refractivity (Wildman–Crippen MR) is 104 cm³/mol. The zero-order valence-corrected chi connectivity index (χ0v) is 16.0. The van der Waals surface area contributed by atoms with E-state index >= 15 is 0 Å². The first-order valence-corrected chi connectivity index (χ1v) is 10.7. The van der Waals surface area contributed by atoms with Crippen molar-refractivity contribution in [1.29, 1.82) is 0 Å². The van der Waals surface area contributed by atoms with Crippen LogP contribution in [-0.2, 0) is 14.9 Å². The first kappa shape index (κ1) is 18.3. The van der Waals surface area contributed by atoms with Crippen molar-refractivity contribution in [2.24, 2.45) is 0 Å². The molecule has 3 unspecified atom stereocenters. The fourth-order valence-corrected chi connectivity index (χ4v) is 5.02. The van der Waals surface area contributed by atoms with E-state index in [1.54, 1.807) is 18.2 Å². The summed E-state index contributed by atoms with van der Waals surface area (Å²) < 4.78 is 39.0. The Bertz CT molecular complexity index is 1190. The van der Waals surface area contributed by atoms with Gasteiger partial charge in [0.2, 0.25) is 0 Å². The van der Waals surface area contributed by atoms with E-state index in [1.165, 1.54) is 6.07 Å². The van der Waals surface area contributed by atoms with Gasteiger partial charge in [0, 0.05) is 22.9 Å². The molecule has 0 spiro atoms. The van der Waals surface area contributed by atoms with E-state index in [-0.39, 0.29) is 46.2 Å². The quantitative estimate of drug-likeness (QED) is 0.336. The van der Waals surface area contributed by atoms with Gasteiger partial charge < -0.3 is 15.8 Å². The molecular formula is C20H18N2O6S. The highest BCUT2D eigenvalue weighted by Crippen LogP contribution is 2.42. The maximum absolute atomic E-state index is 13.2. The van der Waals surface area contributed by atoms with E-state index in [4.69, 9.17) is 10.5 Å². The number of nitrogens with two attached hydrogens (primary N) is 1. The summed E-state index contributed by atoms with van der Waals surface area (Å²) in [5.41, 5.74) is 5.97. The normalized spacial score (nSPS) is 25.1. The molecule has 1 heterocycles. The molecule has 8 nitrogen and oxygen atoms in total. The number of anilines is 2. The molecule has 2 aromatic carbocycles. The molecule has 5 rings (SSSR count). The van der Waals surface area contributed by atoms with E-state index in [2.05, 4.69) is 5.32 Å². The van der Waals surface area contributed by atoms with Gasteiger partial charge in [0.15, 0.2) is 11.6 Å². The summed E-state index contributed by atoms with van der Waals surface area (Å²) in [7, 11) is -4.70. The third-order valence-electron chi connectivity index (χ3n) is 5.84. The average molecular weight is 414 g/mol. The third kappa shape index (κ3) is 2.85. The fourth-order valence-electron chi connectivity index (χ4n) is 4.38. The Morgan fingerprint density at radius 2 is 1.69 bits per heavy atom. The Morgan fingerprint density at radius 3 is 2.31 bits per heavy atom. The number of hydrogen-bond acceptors (Lipinski definition) is 7. The van der Waals surface area contributed by atoms with Crippen LogP contribution in [0.2, 0.25) is 0 Å². The number of fused-ring (bicyclic) bond motifs is 3. The number of ketones is 2. The maximum Gasteiger partial charge on any atom is 0.296 e. The van der Waals surface area contributed by atoms with Crippen LogP contribution in [0.5, 0.6) is 0 Å². The highest BCUT2D eigenvalue weighted by atomic mass is 32.2. The van der Waals surface area contributed by atoms with Crippen molar-refractivity contribution in [2.75, 3.05) is 11.1 Å². The highest BCUT2D eigenvalue weighted by Gasteiger charge is 2.44. The first-order valence-electron chi connectivity index (χ1n) is 9.30. The Hall–Kier alpha value is -2.75. The minimum atomic E-state index is -4.70. The number of rotatable bonds is 3. The molecule has 1 saturated heterocycles. The zero-order valence-electron chi connectivity index (χ0n) is 15.2. The lowest BCUT2D eigenvalue weighted by Crippen LogP contribution is -2.30. The van der Waals surface area contributed by atoms with Gasteiger partial charge in [-0.25, -0.2) is 0 Å². The molecule has 4 N–H and O–H groups in total. The van der Waals surface area contributed by atoms with E-state index in [0.29, 0.717) is 6.42 Å². The van der Waals surface area contributed by atoms with Crippen LogP contribution in [0, 0.1) is 0 Å². The SMILES string of the molecule is Nc1c(S(=O)(=O)O)cc(NC2CCC3OC3C2)c2c1C(=O)c1ccccc1C2=O. The van der Waals surface area contributed by atoms with Crippen molar-refractivity contribution in [3.63, 3.8) is 0 Å². The molecule has 2 fully saturated rings. The van der Waals surface area contributed by atoms with Gasteiger partial charge in [-0.1, -0.05) is 24.3 Å². The number of nitrogens with one attached hydrogen (secondary N) is 1. The maximum atomic E-state index is 13.2. The summed E-state index contributed by atoms with van der Waals surface area (Å²) in [6.07, 6.45) is 2.78. The molecule has 1 saturated carbocycles. The molecule has 3 atom stereocenters. The van der Waals surface area contributed by atoms with Crippen molar-refractivity contribution >= 4 is 33.1 Å². The van der Waals surface area contributed by atoms with Crippen LogP contribution in [0.25, 0.3) is 0 Å². The molecule has 29 heavy (non-hydrogen) atoms. The number of epoxide rings is 1. The van der Waals surface area contributed by atoms with Crippen molar-refractivity contribution in [1.82, 2.24) is 0 Å². The van der Waals surface area contributed by atoms with Crippen LogP contribution < -0.4 is 11.1 Å². The molecule has 0 bridgehead atoms. The van der Waals surface area contributed by atoms with Crippen molar-refractivity contribution in [2.45, 2.75) is 42.4 Å². The Balaban J connectivity index is 1.70. The van der Waals surface area contributed by atoms with Gasteiger partial charge in [-0.15, -0.1) is 0 Å². The van der Waals surface area contributed by atoms with E-state index in [1.807, 2.05) is 0 Å². The van der Waals surface area contributed by atoms with E-state index in [9.17, 15) is 22.6 Å². The number of carbonyl (C=O) groups is 2. The molecule has 9 heteroatoms. The predicted octanol–water partition coefficient (Wildman–Crippen LogP) is 2.02. The zero-order chi connectivity index (χ0) is 20.5. The molecule has 3 aliphatic rings. The number of ether oxygens (including phenoxy) is 1. The molecular weight excluding hydrogens is 396 g/mol. The molecule has 150 valence electrons. The number of benzene rings is 2. The lowest BCUT2D eigenvalue weighted by atomic mass is 9.82. The van der Waals surface area contributed by atoms with E-state index < -0.39 is 32.3 Å². The van der Waals surface area contributed by atoms with Gasteiger partial charge in [-0.2, -0.15) is 8.42 Å². The second kappa shape index (κ2) is 6.12. The lowest BCUT2D eigenvalue weighted by molar-refractivity contribution is 0.0980. The van der Waals surface area contributed by atoms with Crippen LogP contribution >= 0.6 is 0 Å². The summed E-state index contributed by atoms with van der Waals surface area (Å²) in [5.74, 6) is -0.960. The summed E-state index contributed by atoms with van der Waals surface area (Å²) >= 11 is 0. The Labute approximate surface area is 166 Å². The van der Waals surface area contributed by atoms with Gasteiger partial charge in [0.25, 0.3) is 10.1 Å². The average Bonchev–Trinajstić information content (AvgIpc) is 3.45. The van der Waals surface area contributed by atoms with Gasteiger partial charge in [-0.05, 0) is 25.3 Å². The molecule has 2 aliphatic carbocycles. The van der Waals surface area contributed by atoms with Crippen molar-refractivity contribution in [3.8, 4) is 0 Å². The minimum Gasteiger partial charge on any atom is -0.397 e. The van der Waals surface area contributed by atoms with Gasteiger partial charge >= 0.3 is 0 Å². The molecule has 0 amide bonds. The largest absolute Gasteiger partial charge is 0.397 e. The van der Waals surface area contributed by atoms with Crippen molar-refractivity contribution in [3.05, 3.63) is 52.6 Å². The van der Waals surface area contributed by atoms with Gasteiger partial charge in [-0.3, -0.25) is 14.1 Å². The molecule has 0 radical (unpaired) electrons. The second-order valence-electron chi connectivity index (χ2n) is 7.63. The summed E-state index contributed by atoms with van der Waals surface area (Å²) in [4.78, 5) is 25.7. The highest BCUT2D eigenvalue weighted by molar-refractivity contribution is 7.86. The Morgan fingerprint density at radius 1 is 1.03 bits per heavy atom. The standard InChI is InChI=1S/C20H18N2O6S/c21-18-15(29(25,26)27)8-12(22-9-5-6-13-14(7-9)28-13)16-17(18)20(24)11-4-2-1-3-10(11)19(16)23/h1-4,8-9,13-14,22H,5-7,21H2,(H,25,26,27). The molecule has 2 aromatic rings. The topological polar surface area (TPSA) is 139 Å². The van der Waals surface area contributed by atoms with Gasteiger partial charge in [0.05, 0.1) is 29.0 Å². The summed E-state index contributed by atoms with van der Waals surface area (Å²) in [5, 5.41) is 3.20. The van der Waals surface area contributed by atoms with Crippen LogP contribution in [-0.4, -0.2) is 42.8 Å². The van der Waals surface area contributed by atoms with Gasteiger partial charge in [0.1, 0.15) is 4.90 Å². The second-order valence-corrected chi connectivity index (χ2v) is 9.02. The summed E-state index contributed by atoms with van der Waals surface area (Å²) in [6.45, 7) is 0. The smallest absolute Gasteiger partial charge is 0.296 e. The number of nitrogen functional groups attached to an aromatic ring is 1. The van der Waals surface area contributed by atoms with Crippen LogP contribution in [0.1, 0.15) is 51.1 Å². The summed E-state index contributed by atoms with van der Waals surface area (Å²) in [6, 6.07) is 7.41. The Kier molecular flexibility index (Phi) is 3.86. The van der Waals surface area contributed by atoms with Crippen molar-refractivity contribution < 1.29 is 27.3 Å². The van der Waals surface area contributed by atoms with E-state index in [0.717, 1.165) is 18.9 Å². The fraction of sp³-hybridized carbons (Fsp3) is 0.300. The monoisotopic (exact) mass is 414 g/mol. The van der Waals surface area contributed by atoms with Crippen LogP contribution in [0.3, 0.4) is 0 Å². The third-order valence-corrected chi connectivity index (χ3v) is 6.74. The number of hydrogen-bond donors (Lipinski definition) is 3. The van der Waals surface area contributed by atoms with Crippen LogP contribution in [0.15, 0.2) is 35.2 Å². The first-order chi connectivity index (χ1) is 13.8. The lowest BCUT2D eigenvalue weighted by Gasteiger charge is -2.27. The number of carbonyl (C=O) groups excluding carboxylic acids is 2. The van der Waals surface area contributed by atoms with Crippen LogP contribution in [0.4, 0.5) is 11.4 Å².